The second-order valence-corrected chi connectivity index (χ2v) is 21.7. The summed E-state index contributed by atoms with van der Waals surface area (Å²) < 4.78 is 35.3. The van der Waals surface area contributed by atoms with Crippen molar-refractivity contribution in [1.82, 2.24) is 0 Å². The van der Waals surface area contributed by atoms with Gasteiger partial charge in [-0.1, -0.05) is 232 Å². The Morgan fingerprint density at radius 2 is 0.753 bits per heavy atom. The van der Waals surface area contributed by atoms with Crippen molar-refractivity contribution in [2.75, 3.05) is 54.1 Å². The number of carbonyl (C=O) groups is 1. The van der Waals surface area contributed by atoms with Crippen LogP contribution in [0.2, 0.25) is 0 Å². The Labute approximate surface area is 450 Å². The van der Waals surface area contributed by atoms with Gasteiger partial charge >= 0.3 is 13.8 Å². The fourth-order valence-electron chi connectivity index (χ4n) is 7.61. The fraction of sp³-hybridized carbons (Fsp3) is 0.672. The number of carbonyl (C=O) groups excluding carboxylic acids is 1. The van der Waals surface area contributed by atoms with E-state index in [0.717, 1.165) is 109 Å². The van der Waals surface area contributed by atoms with Gasteiger partial charge in [-0.3, -0.25) is 13.8 Å². The normalized spacial score (nSPS) is 14.3. The lowest BCUT2D eigenvalue weighted by Crippen LogP contribution is -2.37. The van der Waals surface area contributed by atoms with Gasteiger partial charge in [-0.05, 0) is 103 Å². The molecule has 0 saturated carbocycles. The van der Waals surface area contributed by atoms with E-state index in [-0.39, 0.29) is 25.8 Å². The standard InChI is InChI=1S/C64H110NO7P/c1-6-8-10-12-14-16-18-20-22-24-26-28-30-32-34-36-38-40-42-44-46-48-50-52-54-56-59-69-61-63(62-71-73(67,68)70-60-58-65(3,4)5)72-64(66)57-55-53-51-49-47-45-43-41-39-37-35-33-31-29-27-25-23-21-19-17-15-13-11-9-7-2/h8-11,14-17,20-23,26-29,32,34,38,40,63H,6-7,12-13,18-19,24-25,30-31,33,35-37,39,41-62H2,1-5H3/p+1/b10-8-,11-9-,16-14-,17-15-,22-20-,23-21-,28-26-,29-27-,34-32-,40-38-. The molecule has 0 aliphatic carbocycles. The molecule has 0 radical (unpaired) electrons. The second kappa shape index (κ2) is 55.1. The second-order valence-electron chi connectivity index (χ2n) is 20.3. The van der Waals surface area contributed by atoms with Crippen LogP contribution < -0.4 is 0 Å². The molecule has 0 saturated heterocycles. The van der Waals surface area contributed by atoms with Gasteiger partial charge in [-0.2, -0.15) is 0 Å². The number of hydrogen-bond donors (Lipinski definition) is 1. The van der Waals surface area contributed by atoms with Gasteiger partial charge in [0.15, 0.2) is 0 Å². The lowest BCUT2D eigenvalue weighted by atomic mass is 10.0. The molecule has 2 unspecified atom stereocenters. The molecule has 0 spiro atoms. The highest BCUT2D eigenvalue weighted by Gasteiger charge is 2.26. The third-order valence-electron chi connectivity index (χ3n) is 12.0. The third kappa shape index (κ3) is 59.7. The first kappa shape index (κ1) is 69.9. The average molecular weight is 1040 g/mol. The molecule has 2 atom stereocenters. The molecule has 0 bridgehead atoms. The Morgan fingerprint density at radius 1 is 0.425 bits per heavy atom. The summed E-state index contributed by atoms with van der Waals surface area (Å²) in [6.45, 7) is 5.36. The molecule has 8 nitrogen and oxygen atoms in total. The van der Waals surface area contributed by atoms with Gasteiger partial charge in [0.2, 0.25) is 0 Å². The average Bonchev–Trinajstić information content (AvgIpc) is 3.35. The van der Waals surface area contributed by atoms with Crippen LogP contribution in [0, 0.1) is 0 Å². The van der Waals surface area contributed by atoms with Crippen LogP contribution in [0.4, 0.5) is 0 Å². The van der Waals surface area contributed by atoms with E-state index in [1.54, 1.807) is 0 Å². The Bertz CT molecular complexity index is 1580. The summed E-state index contributed by atoms with van der Waals surface area (Å²) in [6, 6.07) is 0. The van der Waals surface area contributed by atoms with Gasteiger partial charge in [-0.15, -0.1) is 0 Å². The van der Waals surface area contributed by atoms with Crippen LogP contribution in [0.5, 0.6) is 0 Å². The molecule has 9 heteroatoms. The number of likely N-dealkylation sites (N-methyl/N-ethyl adjacent to an activating group) is 1. The summed E-state index contributed by atoms with van der Waals surface area (Å²) in [6.07, 6.45) is 79.7. The van der Waals surface area contributed by atoms with Crippen molar-refractivity contribution in [3.63, 3.8) is 0 Å². The zero-order valence-corrected chi connectivity index (χ0v) is 48.5. The van der Waals surface area contributed by atoms with Crippen molar-refractivity contribution >= 4 is 13.8 Å². The fourth-order valence-corrected chi connectivity index (χ4v) is 8.35. The quantitative estimate of drug-likeness (QED) is 0.0213. The van der Waals surface area contributed by atoms with E-state index < -0.39 is 13.9 Å². The van der Waals surface area contributed by atoms with Crippen molar-refractivity contribution in [3.8, 4) is 0 Å². The Balaban J connectivity index is 4.13. The highest BCUT2D eigenvalue weighted by atomic mass is 31.2. The molecule has 418 valence electrons. The minimum Gasteiger partial charge on any atom is -0.457 e. The molecule has 0 heterocycles. The number of phosphoric ester groups is 1. The van der Waals surface area contributed by atoms with Crippen molar-refractivity contribution < 1.29 is 37.3 Å². The van der Waals surface area contributed by atoms with E-state index in [4.69, 9.17) is 18.5 Å². The Hall–Kier alpha value is -3.10. The number of allylic oxidation sites excluding steroid dienone is 20. The molecule has 1 N–H and O–H groups in total. The molecule has 0 aromatic rings. The van der Waals surface area contributed by atoms with Gasteiger partial charge in [0.25, 0.3) is 0 Å². The van der Waals surface area contributed by atoms with Gasteiger partial charge in [-0.25, -0.2) is 4.57 Å². The van der Waals surface area contributed by atoms with Crippen molar-refractivity contribution in [2.45, 2.75) is 225 Å². The van der Waals surface area contributed by atoms with Crippen LogP contribution in [0.25, 0.3) is 0 Å². The van der Waals surface area contributed by atoms with Crippen molar-refractivity contribution in [2.24, 2.45) is 0 Å². The Morgan fingerprint density at radius 3 is 1.12 bits per heavy atom. The topological polar surface area (TPSA) is 91.3 Å². The number of ether oxygens (including phenoxy) is 2. The van der Waals surface area contributed by atoms with E-state index in [9.17, 15) is 14.3 Å². The maximum atomic E-state index is 12.8. The molecule has 0 fully saturated rings. The third-order valence-corrected chi connectivity index (χ3v) is 13.0. The van der Waals surface area contributed by atoms with E-state index in [2.05, 4.69) is 135 Å². The zero-order valence-electron chi connectivity index (χ0n) is 47.6. The molecule has 0 aliphatic rings. The molecule has 0 aliphatic heterocycles. The number of quaternary nitrogens is 1. The molecule has 0 rings (SSSR count). The molecule has 73 heavy (non-hydrogen) atoms. The molecular formula is C64H111NO7P+. The minimum atomic E-state index is -4.30. The van der Waals surface area contributed by atoms with Crippen molar-refractivity contribution in [1.29, 1.82) is 0 Å². The molecular weight excluding hydrogens is 926 g/mol. The van der Waals surface area contributed by atoms with Crippen molar-refractivity contribution in [3.05, 3.63) is 122 Å². The number of rotatable bonds is 53. The molecule has 0 aromatic carbocycles. The van der Waals surface area contributed by atoms with Crippen LogP contribution in [0.3, 0.4) is 0 Å². The van der Waals surface area contributed by atoms with Crippen LogP contribution in [-0.2, 0) is 27.9 Å². The number of esters is 1. The predicted molar refractivity (Wildman–Crippen MR) is 316 cm³/mol. The number of nitrogens with zero attached hydrogens (tertiary/aromatic N) is 1. The zero-order chi connectivity index (χ0) is 53.3. The first-order valence-corrected chi connectivity index (χ1v) is 30.8. The molecule has 0 amide bonds. The van der Waals surface area contributed by atoms with E-state index in [0.29, 0.717) is 24.1 Å². The maximum absolute atomic E-state index is 12.8. The van der Waals surface area contributed by atoms with Crippen LogP contribution >= 0.6 is 7.82 Å². The van der Waals surface area contributed by atoms with Gasteiger partial charge < -0.3 is 18.9 Å². The highest BCUT2D eigenvalue weighted by molar-refractivity contribution is 7.47. The summed E-state index contributed by atoms with van der Waals surface area (Å²) >= 11 is 0. The lowest BCUT2D eigenvalue weighted by Gasteiger charge is -2.24. The lowest BCUT2D eigenvalue weighted by molar-refractivity contribution is -0.870. The minimum absolute atomic E-state index is 0.0793. The van der Waals surface area contributed by atoms with E-state index >= 15 is 0 Å². The van der Waals surface area contributed by atoms with Crippen LogP contribution in [-0.4, -0.2) is 75.6 Å². The smallest absolute Gasteiger partial charge is 0.457 e. The van der Waals surface area contributed by atoms with Gasteiger partial charge in [0, 0.05) is 13.0 Å². The summed E-state index contributed by atoms with van der Waals surface area (Å²) in [4.78, 5) is 23.1. The van der Waals surface area contributed by atoms with E-state index in [1.165, 1.54) is 89.9 Å². The number of hydrogen-bond acceptors (Lipinski definition) is 6. The maximum Gasteiger partial charge on any atom is 0.472 e. The summed E-state index contributed by atoms with van der Waals surface area (Å²) in [5.41, 5.74) is 0. The number of unbranched alkanes of at least 4 members (excludes halogenated alkanes) is 19. The Kier molecular flexibility index (Phi) is 52.8. The van der Waals surface area contributed by atoms with Crippen LogP contribution in [0.15, 0.2) is 122 Å². The summed E-state index contributed by atoms with van der Waals surface area (Å²) in [5, 5.41) is 0. The van der Waals surface area contributed by atoms with E-state index in [1.807, 2.05) is 21.1 Å². The SMILES string of the molecule is CC/C=C\C/C=C\C/C=C\C/C=C\C/C=C\C/C=C\CCCCCCCCCOCC(COP(=O)(O)OCC[N+](C)(C)C)OC(=O)CCCCCCCCCCCCCC/C=C\C/C=C\C/C=C\C/C=C\CC. The van der Waals surface area contributed by atoms with Gasteiger partial charge in [0.05, 0.1) is 34.4 Å². The number of phosphoric acid groups is 1. The van der Waals surface area contributed by atoms with Gasteiger partial charge in [0.1, 0.15) is 19.3 Å². The first-order chi connectivity index (χ1) is 35.6. The highest BCUT2D eigenvalue weighted by Crippen LogP contribution is 2.43. The first-order valence-electron chi connectivity index (χ1n) is 29.3. The van der Waals surface area contributed by atoms with Crippen LogP contribution in [0.1, 0.15) is 219 Å². The summed E-state index contributed by atoms with van der Waals surface area (Å²) in [7, 11) is 1.64. The monoisotopic (exact) mass is 1040 g/mol. The predicted octanol–water partition coefficient (Wildman–Crippen LogP) is 18.8. The molecule has 0 aromatic heterocycles. The largest absolute Gasteiger partial charge is 0.472 e. The summed E-state index contributed by atoms with van der Waals surface area (Å²) in [5.74, 6) is -0.324.